The number of hydrogen-bond acceptors (Lipinski definition) is 9. The van der Waals surface area contributed by atoms with Crippen molar-refractivity contribution >= 4 is 68.0 Å². The number of aryl methyl sites for hydroxylation is 1. The average Bonchev–Trinajstić information content (AvgIpc) is 3.68. The van der Waals surface area contributed by atoms with E-state index in [1.165, 1.54) is 35.5 Å². The summed E-state index contributed by atoms with van der Waals surface area (Å²) in [5.41, 5.74) is -0.292. The van der Waals surface area contributed by atoms with Crippen molar-refractivity contribution in [1.29, 1.82) is 0 Å². The normalized spacial score (nSPS) is 16.5. The van der Waals surface area contributed by atoms with Gasteiger partial charge in [0, 0.05) is 24.2 Å². The number of rotatable bonds is 9. The molecule has 1 aliphatic carbocycles. The molecular weight excluding hydrogens is 623 g/mol. The molecule has 0 spiro atoms. The zero-order valence-electron chi connectivity index (χ0n) is 22.5. The van der Waals surface area contributed by atoms with Crippen molar-refractivity contribution < 1.29 is 27.5 Å². The summed E-state index contributed by atoms with van der Waals surface area (Å²) < 4.78 is 33.5. The molecule has 1 saturated carbocycles. The van der Waals surface area contributed by atoms with Gasteiger partial charge in [0.1, 0.15) is 6.04 Å². The van der Waals surface area contributed by atoms with Gasteiger partial charge in [-0.1, -0.05) is 29.3 Å². The first-order valence-corrected chi connectivity index (χ1v) is 15.2. The minimum Gasteiger partial charge on any atom is -0.352 e. The Labute approximate surface area is 255 Å². The molecule has 0 saturated heterocycles. The number of para-hydroxylation sites is 1. The molecule has 2 aromatic carbocycles. The van der Waals surface area contributed by atoms with Gasteiger partial charge in [0.15, 0.2) is 10.7 Å². The molecule has 3 N–H and O–H groups in total. The van der Waals surface area contributed by atoms with Crippen LogP contribution in [0.15, 0.2) is 58.7 Å². The summed E-state index contributed by atoms with van der Waals surface area (Å²) in [5.74, 6) is -0.603. The maximum Gasteiger partial charge on any atom is 0.301 e. The van der Waals surface area contributed by atoms with Crippen LogP contribution >= 0.6 is 23.2 Å². The Morgan fingerprint density at radius 1 is 1.19 bits per heavy atom. The van der Waals surface area contributed by atoms with Crippen LogP contribution in [0.25, 0.3) is 0 Å². The zero-order valence-corrected chi connectivity index (χ0v) is 24.8. The van der Waals surface area contributed by atoms with Crippen LogP contribution in [0.4, 0.5) is 17.2 Å². The Morgan fingerprint density at radius 3 is 2.58 bits per heavy atom. The van der Waals surface area contributed by atoms with Crippen LogP contribution < -0.4 is 15.6 Å². The maximum atomic E-state index is 13.9. The van der Waals surface area contributed by atoms with Crippen LogP contribution in [0.5, 0.6) is 0 Å². The fourth-order valence-electron chi connectivity index (χ4n) is 4.72. The van der Waals surface area contributed by atoms with E-state index in [0.717, 1.165) is 18.9 Å². The molecule has 1 aromatic heterocycles. The van der Waals surface area contributed by atoms with Crippen LogP contribution in [-0.2, 0) is 14.9 Å². The SMILES string of the molecule is Cc1cc(Cl)cc(C(=O)NCC2CC2)c1NC(=O)C1CC(c2cccc(S(=O)(=O)O)c2[N+](=O)[O-])=NN1c1ncccc1Cl. The summed E-state index contributed by atoms with van der Waals surface area (Å²) in [7, 11) is -4.97. The van der Waals surface area contributed by atoms with Gasteiger partial charge in [-0.25, -0.2) is 9.99 Å². The lowest BCUT2D eigenvalue weighted by atomic mass is 10.0. The standard InChI is InChI=1S/C27H24Cl2N6O7S/c1-14-10-16(28)11-18(26(36)31-13-15-7-8-15)23(14)32-27(37)21-12-20(33-34(21)25-19(29)5-3-9-30-25)17-4-2-6-22(43(40,41)42)24(17)35(38)39/h2-6,9-11,15,21H,7-8,12-13H2,1H3,(H,31,36)(H,32,37)(H,40,41,42). The van der Waals surface area contributed by atoms with Crippen molar-refractivity contribution in [2.45, 2.75) is 37.1 Å². The molecule has 16 heteroatoms. The van der Waals surface area contributed by atoms with Gasteiger partial charge in [-0.3, -0.25) is 24.3 Å². The highest BCUT2D eigenvalue weighted by molar-refractivity contribution is 7.86. The third kappa shape index (κ3) is 6.46. The van der Waals surface area contributed by atoms with E-state index in [1.807, 2.05) is 0 Å². The van der Waals surface area contributed by atoms with E-state index < -0.39 is 43.5 Å². The number of carbonyl (C=O) groups excluding carboxylic acids is 2. The number of halogens is 2. The number of nitro groups is 1. The predicted molar refractivity (Wildman–Crippen MR) is 159 cm³/mol. The second kappa shape index (κ2) is 11.9. The lowest BCUT2D eigenvalue weighted by Crippen LogP contribution is -2.40. The number of anilines is 2. The Balaban J connectivity index is 1.54. The molecule has 5 rings (SSSR count). The predicted octanol–water partition coefficient (Wildman–Crippen LogP) is 4.61. The number of aromatic nitrogens is 1. The van der Waals surface area contributed by atoms with Gasteiger partial charge in [0.25, 0.3) is 11.6 Å². The second-order valence-corrected chi connectivity index (χ2v) is 12.3. The van der Waals surface area contributed by atoms with Crippen molar-refractivity contribution in [1.82, 2.24) is 10.3 Å². The van der Waals surface area contributed by atoms with Crippen LogP contribution in [0.3, 0.4) is 0 Å². The van der Waals surface area contributed by atoms with E-state index in [1.54, 1.807) is 19.1 Å². The van der Waals surface area contributed by atoms with E-state index >= 15 is 0 Å². The summed E-state index contributed by atoms with van der Waals surface area (Å²) in [6.45, 7) is 2.16. The Morgan fingerprint density at radius 2 is 1.93 bits per heavy atom. The highest BCUT2D eigenvalue weighted by Crippen LogP contribution is 2.36. The molecule has 1 atom stereocenters. The molecular formula is C27H24Cl2N6O7S. The Bertz CT molecular complexity index is 1800. The van der Waals surface area contributed by atoms with Crippen molar-refractivity contribution in [3.63, 3.8) is 0 Å². The Kier molecular flexibility index (Phi) is 8.38. The molecule has 2 aliphatic rings. The minimum absolute atomic E-state index is 0.0331. The summed E-state index contributed by atoms with van der Waals surface area (Å²) in [4.78, 5) is 41.3. The Hall–Kier alpha value is -4.11. The molecule has 1 aliphatic heterocycles. The molecule has 1 unspecified atom stereocenters. The summed E-state index contributed by atoms with van der Waals surface area (Å²) >= 11 is 12.6. The quantitative estimate of drug-likeness (QED) is 0.170. The molecule has 0 radical (unpaired) electrons. The molecule has 3 aromatic rings. The average molecular weight is 647 g/mol. The third-order valence-electron chi connectivity index (χ3n) is 6.98. The fraction of sp³-hybridized carbons (Fsp3) is 0.259. The first-order chi connectivity index (χ1) is 20.3. The lowest BCUT2D eigenvalue weighted by molar-refractivity contribution is -0.388. The number of nitro benzene ring substituents is 1. The number of nitrogens with zero attached hydrogens (tertiary/aromatic N) is 4. The van der Waals surface area contributed by atoms with Gasteiger partial charge in [0.05, 0.1) is 32.5 Å². The molecule has 43 heavy (non-hydrogen) atoms. The van der Waals surface area contributed by atoms with E-state index in [-0.39, 0.29) is 39.8 Å². The highest BCUT2D eigenvalue weighted by Gasteiger charge is 2.40. The van der Waals surface area contributed by atoms with Crippen LogP contribution in [0.1, 0.15) is 40.7 Å². The summed E-state index contributed by atoms with van der Waals surface area (Å²) in [6, 6.07) is 8.28. The van der Waals surface area contributed by atoms with E-state index in [2.05, 4.69) is 20.7 Å². The third-order valence-corrected chi connectivity index (χ3v) is 8.38. The number of nitrogens with one attached hydrogen (secondary N) is 2. The van der Waals surface area contributed by atoms with Gasteiger partial charge in [-0.2, -0.15) is 13.5 Å². The number of pyridine rings is 1. The van der Waals surface area contributed by atoms with Crippen molar-refractivity contribution in [2.75, 3.05) is 16.9 Å². The second-order valence-electron chi connectivity index (χ2n) is 10.1. The number of amides is 2. The first-order valence-electron chi connectivity index (χ1n) is 13.0. The molecule has 2 amide bonds. The fourth-order valence-corrected chi connectivity index (χ4v) is 5.88. The van der Waals surface area contributed by atoms with Gasteiger partial charge in [-0.05, 0) is 67.6 Å². The maximum absolute atomic E-state index is 13.9. The first kappa shape index (κ1) is 30.4. The van der Waals surface area contributed by atoms with Gasteiger partial charge < -0.3 is 10.6 Å². The number of benzene rings is 2. The van der Waals surface area contributed by atoms with Gasteiger partial charge in [-0.15, -0.1) is 0 Å². The van der Waals surface area contributed by atoms with Gasteiger partial charge >= 0.3 is 10.1 Å². The molecule has 224 valence electrons. The van der Waals surface area contributed by atoms with Gasteiger partial charge in [0.2, 0.25) is 5.91 Å². The number of hydrazone groups is 1. The smallest absolute Gasteiger partial charge is 0.301 e. The van der Waals surface area contributed by atoms with E-state index in [9.17, 15) is 32.7 Å². The topological polar surface area (TPSA) is 184 Å². The number of carbonyl (C=O) groups is 2. The monoisotopic (exact) mass is 646 g/mol. The van der Waals surface area contributed by atoms with Crippen molar-refractivity contribution in [2.24, 2.45) is 11.0 Å². The van der Waals surface area contributed by atoms with Crippen molar-refractivity contribution in [3.8, 4) is 0 Å². The lowest BCUT2D eigenvalue weighted by Gasteiger charge is -2.23. The van der Waals surface area contributed by atoms with E-state index in [0.29, 0.717) is 23.0 Å². The highest BCUT2D eigenvalue weighted by atomic mass is 35.5. The van der Waals surface area contributed by atoms with Crippen LogP contribution in [0.2, 0.25) is 10.0 Å². The van der Waals surface area contributed by atoms with Crippen molar-refractivity contribution in [3.05, 3.63) is 85.5 Å². The van der Waals surface area contributed by atoms with E-state index in [4.69, 9.17) is 23.2 Å². The van der Waals surface area contributed by atoms with Crippen LogP contribution in [-0.4, -0.2) is 53.0 Å². The summed E-state index contributed by atoms with van der Waals surface area (Å²) in [6.07, 6.45) is 3.22. The summed E-state index contributed by atoms with van der Waals surface area (Å²) in [5, 5.41) is 23.6. The van der Waals surface area contributed by atoms with Crippen LogP contribution in [0, 0.1) is 23.0 Å². The number of hydrogen-bond donors (Lipinski definition) is 3. The molecule has 13 nitrogen and oxygen atoms in total. The molecule has 0 bridgehead atoms. The molecule has 1 fully saturated rings. The largest absolute Gasteiger partial charge is 0.352 e. The zero-order chi connectivity index (χ0) is 31.1. The minimum atomic E-state index is -4.97. The molecule has 2 heterocycles.